The van der Waals surface area contributed by atoms with Gasteiger partial charge in [-0.05, 0) is 25.4 Å². The van der Waals surface area contributed by atoms with Crippen molar-refractivity contribution in [1.82, 2.24) is 4.90 Å². The summed E-state index contributed by atoms with van der Waals surface area (Å²) in [6.45, 7) is 13.0. The highest BCUT2D eigenvalue weighted by Crippen LogP contribution is 2.36. The molecule has 1 rings (SSSR count). The molecule has 120 valence electrons. The third kappa shape index (κ3) is 5.40. The van der Waals surface area contributed by atoms with Crippen molar-refractivity contribution in [2.45, 2.75) is 39.5 Å². The summed E-state index contributed by atoms with van der Waals surface area (Å²) >= 11 is 10.7. The molecule has 0 amide bonds. The largest absolute Gasteiger partial charge is 0.381 e. The van der Waals surface area contributed by atoms with Gasteiger partial charge in [0.1, 0.15) is 0 Å². The van der Waals surface area contributed by atoms with Crippen LogP contribution < -0.4 is 5.32 Å². The van der Waals surface area contributed by atoms with Gasteiger partial charge in [-0.1, -0.05) is 52.1 Å². The molecule has 0 aliphatic heterocycles. The summed E-state index contributed by atoms with van der Waals surface area (Å²) in [6, 6.07) is 0. The van der Waals surface area contributed by atoms with Gasteiger partial charge in [-0.3, -0.25) is 0 Å². The summed E-state index contributed by atoms with van der Waals surface area (Å²) in [6.07, 6.45) is 1.18. The molecule has 0 fully saturated rings. The van der Waals surface area contributed by atoms with E-state index in [9.17, 15) is 0 Å². The molecule has 21 heavy (non-hydrogen) atoms. The average Bonchev–Trinajstić information content (AvgIpc) is 2.39. The van der Waals surface area contributed by atoms with Crippen LogP contribution in [0.1, 0.15) is 39.7 Å². The van der Waals surface area contributed by atoms with Gasteiger partial charge in [-0.25, -0.2) is 0 Å². The van der Waals surface area contributed by atoms with Crippen LogP contribution in [0.25, 0.3) is 0 Å². The number of hydrogen-bond acceptors (Lipinski definition) is 5. The molecule has 0 heterocycles. The lowest BCUT2D eigenvalue weighted by Gasteiger charge is -2.27. The number of likely N-dealkylation sites (N-methyl/N-ethyl adjacent to an activating group) is 1. The molecule has 0 aromatic heterocycles. The zero-order valence-corrected chi connectivity index (χ0v) is 15.5. The molecule has 0 aliphatic rings. The van der Waals surface area contributed by atoms with E-state index in [0.29, 0.717) is 6.61 Å². The highest BCUT2D eigenvalue weighted by atomic mass is 32.1. The van der Waals surface area contributed by atoms with E-state index >= 15 is 0 Å². The van der Waals surface area contributed by atoms with Gasteiger partial charge >= 0.3 is 0 Å². The average molecular weight is 329 g/mol. The van der Waals surface area contributed by atoms with Gasteiger partial charge in [0.05, 0.1) is 27.9 Å². The van der Waals surface area contributed by atoms with Crippen molar-refractivity contribution >= 4 is 30.1 Å². The van der Waals surface area contributed by atoms with Crippen LogP contribution in [0.5, 0.6) is 0 Å². The molecule has 1 aromatic carbocycles. The van der Waals surface area contributed by atoms with Gasteiger partial charge in [-0.2, -0.15) is 0 Å². The van der Waals surface area contributed by atoms with E-state index in [1.54, 1.807) is 0 Å². The second-order valence-corrected chi connectivity index (χ2v) is 7.32. The number of rotatable bonds is 9. The van der Waals surface area contributed by atoms with Crippen LogP contribution in [0, 0.1) is 9.02 Å². The zero-order valence-electron chi connectivity index (χ0n) is 13.9. The molecule has 1 N–H and O–H groups in total. The minimum Gasteiger partial charge on any atom is -0.381 e. The normalized spacial score (nSPS) is 12.3. The Bertz CT molecular complexity index is 513. The zero-order chi connectivity index (χ0) is 16.0. The predicted octanol–water partition coefficient (Wildman–Crippen LogP) is 4.09. The van der Waals surface area contributed by atoms with Gasteiger partial charge in [0.15, 0.2) is 0 Å². The minimum absolute atomic E-state index is 0.0471. The first kappa shape index (κ1) is 18.7. The number of hydrogen-bond donors (Lipinski definition) is 1. The maximum Gasteiger partial charge on any atom is 0.0796 e. The first-order valence-electron chi connectivity index (χ1n) is 7.63. The Morgan fingerprint density at radius 1 is 1.10 bits per heavy atom. The quantitative estimate of drug-likeness (QED) is 0.544. The molecular formula is C16H28N2OS2. The Balaban J connectivity index is 2.30. The van der Waals surface area contributed by atoms with E-state index < -0.39 is 0 Å². The summed E-state index contributed by atoms with van der Waals surface area (Å²) in [5, 5.41) is 3.38. The molecule has 0 atom stereocenters. The lowest BCUT2D eigenvalue weighted by atomic mass is 9.83. The van der Waals surface area contributed by atoms with Crippen molar-refractivity contribution in [2.75, 3.05) is 45.2 Å². The van der Waals surface area contributed by atoms with Crippen LogP contribution in [0.3, 0.4) is 0 Å². The van der Waals surface area contributed by atoms with Gasteiger partial charge in [0.2, 0.25) is 0 Å². The number of ether oxygens (including phenoxy) is 1. The van der Waals surface area contributed by atoms with E-state index in [4.69, 9.17) is 29.2 Å². The molecule has 0 saturated carbocycles. The maximum atomic E-state index is 5.65. The summed E-state index contributed by atoms with van der Waals surface area (Å²) in [4.78, 5) is 2.28. The maximum absolute atomic E-state index is 5.65. The molecule has 1 aromatic rings. The second kappa shape index (κ2) is 8.32. The first-order chi connectivity index (χ1) is 9.79. The van der Waals surface area contributed by atoms with Crippen LogP contribution in [0.2, 0.25) is 0 Å². The minimum atomic E-state index is 0.0471. The predicted molar refractivity (Wildman–Crippen MR) is 96.3 cm³/mol. The van der Waals surface area contributed by atoms with Crippen LogP contribution in [0.15, 0.2) is 0 Å². The van der Waals surface area contributed by atoms with Crippen LogP contribution in [0.4, 0.5) is 5.69 Å². The monoisotopic (exact) mass is 328 g/mol. The summed E-state index contributed by atoms with van der Waals surface area (Å²) in [7, 11) is 2.12. The fourth-order valence-corrected chi connectivity index (χ4v) is 3.13. The molecule has 0 radical (unpaired) electrons. The summed E-state index contributed by atoms with van der Waals surface area (Å²) < 4.78 is 7.30. The smallest absolute Gasteiger partial charge is 0.0796 e. The third-order valence-corrected chi connectivity index (χ3v) is 4.38. The molecule has 5 heteroatoms. The number of anilines is 1. The van der Waals surface area contributed by atoms with Gasteiger partial charge in [0.25, 0.3) is 0 Å². The molecular weight excluding hydrogens is 300 g/mol. The van der Waals surface area contributed by atoms with E-state index in [1.165, 1.54) is 12.0 Å². The fraction of sp³-hybridized carbons (Fsp3) is 0.750. The van der Waals surface area contributed by atoms with E-state index in [1.807, 2.05) is 0 Å². The second-order valence-electron chi connectivity index (χ2n) is 6.50. The molecule has 0 spiro atoms. The topological polar surface area (TPSA) is 24.5 Å². The highest BCUT2D eigenvalue weighted by Gasteiger charge is 2.25. The van der Waals surface area contributed by atoms with Crippen molar-refractivity contribution in [3.63, 3.8) is 0 Å². The van der Waals surface area contributed by atoms with Gasteiger partial charge < -0.3 is 15.0 Å². The van der Waals surface area contributed by atoms with Crippen LogP contribution in [-0.4, -0.2) is 44.8 Å². The van der Waals surface area contributed by atoms with Gasteiger partial charge in [0, 0.05) is 18.7 Å². The summed E-state index contributed by atoms with van der Waals surface area (Å²) in [5.41, 5.74) is 2.28. The Kier molecular flexibility index (Phi) is 7.40. The molecule has 3 nitrogen and oxygen atoms in total. The molecule has 0 aliphatic carbocycles. The van der Waals surface area contributed by atoms with E-state index in [-0.39, 0.29) is 5.41 Å². The highest BCUT2D eigenvalue weighted by molar-refractivity contribution is 7.74. The fourth-order valence-electron chi connectivity index (χ4n) is 2.34. The lowest BCUT2D eigenvalue weighted by Crippen LogP contribution is -2.25. The van der Waals surface area contributed by atoms with Crippen molar-refractivity contribution in [3.8, 4) is 0 Å². The van der Waals surface area contributed by atoms with Crippen LogP contribution >= 0.6 is 24.4 Å². The van der Waals surface area contributed by atoms with Gasteiger partial charge in [-0.15, -0.1) is 0 Å². The van der Waals surface area contributed by atoms with Crippen molar-refractivity contribution in [3.05, 3.63) is 14.6 Å². The Hall–Kier alpha value is -0.360. The third-order valence-electron chi connectivity index (χ3n) is 3.43. The molecule has 0 unspecified atom stereocenters. The van der Waals surface area contributed by atoms with Crippen LogP contribution in [-0.2, 0) is 10.2 Å². The lowest BCUT2D eigenvalue weighted by molar-refractivity contribution is 0.119. The molecule has 0 saturated heterocycles. The number of nitrogens with one attached hydrogen (secondary N) is 1. The Labute approximate surface area is 139 Å². The summed E-state index contributed by atoms with van der Waals surface area (Å²) in [5.74, 6) is 0. The molecule has 0 bridgehead atoms. The van der Waals surface area contributed by atoms with E-state index in [2.05, 4.69) is 45.0 Å². The Morgan fingerprint density at radius 3 is 2.33 bits per heavy atom. The Morgan fingerprint density at radius 2 is 1.76 bits per heavy atom. The van der Waals surface area contributed by atoms with Crippen molar-refractivity contribution < 1.29 is 4.74 Å². The number of nitrogens with zero attached hydrogens (tertiary/aromatic N) is 1. The first-order valence-corrected chi connectivity index (χ1v) is 8.44. The van der Waals surface area contributed by atoms with Crippen molar-refractivity contribution in [1.29, 1.82) is 0 Å². The SMILES string of the molecule is CCCN(C)CCOCCNc1c(C(C)(C)C)c(=S)c1=S. The van der Waals surface area contributed by atoms with E-state index in [0.717, 1.165) is 40.9 Å². The standard InChI is InChI=1S/C16H28N2OS2/c1-6-8-18(5)9-11-19-10-7-17-13-12(16(2,3)4)14(20)15(13)21/h17H,6-11H2,1-5H3. The van der Waals surface area contributed by atoms with Crippen molar-refractivity contribution in [2.24, 2.45) is 0 Å².